The molecular formula is C13H11FN2O3. The van der Waals surface area contributed by atoms with Crippen LogP contribution in [0, 0.1) is 5.82 Å². The lowest BCUT2D eigenvalue weighted by Gasteiger charge is -2.12. The van der Waals surface area contributed by atoms with Crippen LogP contribution >= 0.6 is 0 Å². The van der Waals surface area contributed by atoms with Crippen molar-refractivity contribution in [2.24, 2.45) is 0 Å². The fourth-order valence-corrected chi connectivity index (χ4v) is 1.59. The second-order valence-corrected chi connectivity index (χ2v) is 3.70. The van der Waals surface area contributed by atoms with Gasteiger partial charge in [0.2, 0.25) is 0 Å². The van der Waals surface area contributed by atoms with E-state index in [4.69, 9.17) is 9.84 Å². The number of nitrogens with one attached hydrogen (secondary N) is 1. The minimum atomic E-state index is -1.10. The molecule has 0 fully saturated rings. The molecule has 0 saturated heterocycles. The molecule has 2 N–H and O–H groups in total. The first-order chi connectivity index (χ1) is 9.11. The first kappa shape index (κ1) is 12.8. The van der Waals surface area contributed by atoms with Gasteiger partial charge in [-0.2, -0.15) is 0 Å². The first-order valence-electron chi connectivity index (χ1n) is 5.39. The van der Waals surface area contributed by atoms with Crippen LogP contribution in [0.1, 0.15) is 10.4 Å². The number of carboxylic acids is 1. The highest BCUT2D eigenvalue weighted by atomic mass is 19.1. The molecule has 0 amide bonds. The molecule has 0 aliphatic rings. The summed E-state index contributed by atoms with van der Waals surface area (Å²) in [6.45, 7) is 0. The minimum absolute atomic E-state index is 0.0221. The van der Waals surface area contributed by atoms with Crippen LogP contribution in [0.2, 0.25) is 0 Å². The number of rotatable bonds is 4. The van der Waals surface area contributed by atoms with Gasteiger partial charge in [-0.1, -0.05) is 0 Å². The Hall–Kier alpha value is -2.63. The Morgan fingerprint density at radius 1 is 1.37 bits per heavy atom. The van der Waals surface area contributed by atoms with Crippen LogP contribution in [0.3, 0.4) is 0 Å². The van der Waals surface area contributed by atoms with Crippen LogP contribution in [-0.2, 0) is 0 Å². The number of carboxylic acid groups (broad SMARTS) is 1. The summed E-state index contributed by atoms with van der Waals surface area (Å²) < 4.78 is 18.1. The molecule has 2 rings (SSSR count). The van der Waals surface area contributed by atoms with Crippen molar-refractivity contribution in [1.82, 2.24) is 4.98 Å². The van der Waals surface area contributed by atoms with Crippen molar-refractivity contribution in [3.63, 3.8) is 0 Å². The summed E-state index contributed by atoms with van der Waals surface area (Å²) in [5.41, 5.74) is 0.846. The second-order valence-electron chi connectivity index (χ2n) is 3.70. The molecule has 6 heteroatoms. The summed E-state index contributed by atoms with van der Waals surface area (Å²) in [7, 11) is 1.41. The normalized spacial score (nSPS) is 10.0. The predicted molar refractivity (Wildman–Crippen MR) is 67.4 cm³/mol. The number of methoxy groups -OCH3 is 1. The molecule has 0 unspecified atom stereocenters. The van der Waals surface area contributed by atoms with Gasteiger partial charge in [-0.15, -0.1) is 0 Å². The molecule has 1 aromatic carbocycles. The smallest absolute Gasteiger partial charge is 0.339 e. The highest BCUT2D eigenvalue weighted by molar-refractivity contribution is 5.94. The van der Waals surface area contributed by atoms with Gasteiger partial charge < -0.3 is 15.2 Å². The van der Waals surface area contributed by atoms with Crippen molar-refractivity contribution < 1.29 is 19.0 Å². The molecule has 1 heterocycles. The summed E-state index contributed by atoms with van der Waals surface area (Å²) in [6.07, 6.45) is 2.70. The molecule has 2 aromatic rings. The fraction of sp³-hybridized carbons (Fsp3) is 0.0769. The SMILES string of the molecule is COc1cc(F)ccc1Nc1ccncc1C(=O)O. The van der Waals surface area contributed by atoms with Crippen molar-refractivity contribution in [3.05, 3.63) is 48.0 Å². The van der Waals surface area contributed by atoms with E-state index in [0.717, 1.165) is 0 Å². The zero-order valence-corrected chi connectivity index (χ0v) is 10.1. The number of nitrogens with zero attached hydrogens (tertiary/aromatic N) is 1. The number of hydrogen-bond donors (Lipinski definition) is 2. The zero-order chi connectivity index (χ0) is 13.8. The van der Waals surface area contributed by atoms with Gasteiger partial charge in [0.1, 0.15) is 17.1 Å². The van der Waals surface area contributed by atoms with Crippen LogP contribution < -0.4 is 10.1 Å². The summed E-state index contributed by atoms with van der Waals surface area (Å²) in [5.74, 6) is -1.25. The van der Waals surface area contributed by atoms with E-state index in [2.05, 4.69) is 10.3 Å². The lowest BCUT2D eigenvalue weighted by Crippen LogP contribution is -2.04. The Bertz CT molecular complexity index is 617. The summed E-state index contributed by atoms with van der Waals surface area (Å²) in [5, 5.41) is 11.9. The lowest BCUT2D eigenvalue weighted by molar-refractivity contribution is 0.0697. The Labute approximate surface area is 108 Å². The number of pyridine rings is 1. The molecular weight excluding hydrogens is 251 g/mol. The highest BCUT2D eigenvalue weighted by Crippen LogP contribution is 2.29. The van der Waals surface area contributed by atoms with Gasteiger partial charge in [0.15, 0.2) is 0 Å². The average molecular weight is 262 g/mol. The van der Waals surface area contributed by atoms with E-state index in [-0.39, 0.29) is 11.3 Å². The number of aromatic nitrogens is 1. The number of hydrogen-bond acceptors (Lipinski definition) is 4. The number of aromatic carboxylic acids is 1. The highest BCUT2D eigenvalue weighted by Gasteiger charge is 2.12. The van der Waals surface area contributed by atoms with Crippen LogP contribution in [-0.4, -0.2) is 23.2 Å². The number of carbonyl (C=O) groups is 1. The molecule has 0 saturated carbocycles. The zero-order valence-electron chi connectivity index (χ0n) is 10.1. The lowest BCUT2D eigenvalue weighted by atomic mass is 10.2. The van der Waals surface area contributed by atoms with Crippen molar-refractivity contribution in [2.45, 2.75) is 0 Å². The maximum atomic E-state index is 13.1. The molecule has 98 valence electrons. The van der Waals surface area contributed by atoms with E-state index in [1.54, 1.807) is 0 Å². The minimum Gasteiger partial charge on any atom is -0.494 e. The molecule has 0 atom stereocenters. The van der Waals surface area contributed by atoms with Crippen LogP contribution in [0.25, 0.3) is 0 Å². The van der Waals surface area contributed by atoms with E-state index >= 15 is 0 Å². The molecule has 0 radical (unpaired) electrons. The van der Waals surface area contributed by atoms with Crippen molar-refractivity contribution in [3.8, 4) is 5.75 Å². The monoisotopic (exact) mass is 262 g/mol. The largest absolute Gasteiger partial charge is 0.494 e. The fourth-order valence-electron chi connectivity index (χ4n) is 1.59. The van der Waals surface area contributed by atoms with Gasteiger partial charge in [-0.25, -0.2) is 9.18 Å². The van der Waals surface area contributed by atoms with E-state index in [1.807, 2.05) is 0 Å². The number of ether oxygens (including phenoxy) is 1. The summed E-state index contributed by atoms with van der Waals surface area (Å²) in [6, 6.07) is 5.46. The third kappa shape index (κ3) is 2.79. The predicted octanol–water partition coefficient (Wildman–Crippen LogP) is 2.67. The van der Waals surface area contributed by atoms with Gasteiger partial charge in [-0.05, 0) is 18.2 Å². The molecule has 0 aliphatic carbocycles. The molecule has 0 aliphatic heterocycles. The maximum Gasteiger partial charge on any atom is 0.339 e. The van der Waals surface area contributed by atoms with Crippen molar-refractivity contribution in [1.29, 1.82) is 0 Å². The van der Waals surface area contributed by atoms with Gasteiger partial charge in [0, 0.05) is 18.5 Å². The summed E-state index contributed by atoms with van der Waals surface area (Å²) in [4.78, 5) is 14.8. The van der Waals surface area contributed by atoms with E-state index < -0.39 is 11.8 Å². The molecule has 0 bridgehead atoms. The van der Waals surface area contributed by atoms with Gasteiger partial charge in [0.25, 0.3) is 0 Å². The molecule has 1 aromatic heterocycles. The molecule has 0 spiro atoms. The first-order valence-corrected chi connectivity index (χ1v) is 5.39. The van der Waals surface area contributed by atoms with Crippen LogP contribution in [0.15, 0.2) is 36.7 Å². The summed E-state index contributed by atoms with van der Waals surface area (Å²) >= 11 is 0. The van der Waals surface area contributed by atoms with Crippen LogP contribution in [0.5, 0.6) is 5.75 Å². The Morgan fingerprint density at radius 3 is 2.84 bits per heavy atom. The topological polar surface area (TPSA) is 71.5 Å². The van der Waals surface area contributed by atoms with Gasteiger partial charge in [0.05, 0.1) is 18.5 Å². The number of halogens is 1. The maximum absolute atomic E-state index is 13.1. The van der Waals surface area contributed by atoms with Crippen molar-refractivity contribution >= 4 is 17.3 Å². The molecule has 19 heavy (non-hydrogen) atoms. The Kier molecular flexibility index (Phi) is 3.61. The third-order valence-corrected chi connectivity index (χ3v) is 2.48. The van der Waals surface area contributed by atoms with Crippen LogP contribution in [0.4, 0.5) is 15.8 Å². The average Bonchev–Trinajstić information content (AvgIpc) is 2.41. The van der Waals surface area contributed by atoms with Crippen molar-refractivity contribution in [2.75, 3.05) is 12.4 Å². The van der Waals surface area contributed by atoms with Gasteiger partial charge >= 0.3 is 5.97 Å². The Morgan fingerprint density at radius 2 is 2.16 bits per heavy atom. The number of anilines is 2. The third-order valence-electron chi connectivity index (χ3n) is 2.48. The van der Waals surface area contributed by atoms with Gasteiger partial charge in [-0.3, -0.25) is 4.98 Å². The Balaban J connectivity index is 2.39. The second kappa shape index (κ2) is 5.34. The van der Waals surface area contributed by atoms with E-state index in [0.29, 0.717) is 11.4 Å². The molecule has 5 nitrogen and oxygen atoms in total. The standard InChI is InChI=1S/C13H11FN2O3/c1-19-12-6-8(14)2-3-11(12)16-10-4-5-15-7-9(10)13(17)18/h2-7H,1H3,(H,15,16)(H,17,18). The number of benzene rings is 1. The quantitative estimate of drug-likeness (QED) is 0.886. The van der Waals surface area contributed by atoms with E-state index in [9.17, 15) is 9.18 Å². The van der Waals surface area contributed by atoms with E-state index in [1.165, 1.54) is 43.8 Å².